The molecule has 20 heavy (non-hydrogen) atoms. The lowest BCUT2D eigenvalue weighted by atomic mass is 10.1. The van der Waals surface area contributed by atoms with Crippen molar-refractivity contribution in [3.05, 3.63) is 27.7 Å². The maximum atomic E-state index is 12.5. The van der Waals surface area contributed by atoms with Gasteiger partial charge in [0.2, 0.25) is 0 Å². The molecule has 0 aliphatic heterocycles. The van der Waals surface area contributed by atoms with Gasteiger partial charge in [-0.3, -0.25) is 0 Å². The van der Waals surface area contributed by atoms with Crippen molar-refractivity contribution in [2.75, 3.05) is 0 Å². The molecule has 2 heterocycles. The SMILES string of the molecule is Cc1nc2c(C(=O)O)c(C)nn2c(Cl)c1CC(F)(F)F. The number of rotatable bonds is 2. The van der Waals surface area contributed by atoms with Crippen LogP contribution < -0.4 is 0 Å². The Balaban J connectivity index is 2.75. The molecule has 9 heteroatoms. The highest BCUT2D eigenvalue weighted by Gasteiger charge is 2.32. The third-order valence-electron chi connectivity index (χ3n) is 2.77. The molecule has 0 aliphatic carbocycles. The van der Waals surface area contributed by atoms with Crippen LogP contribution in [0, 0.1) is 13.8 Å². The van der Waals surface area contributed by atoms with Crippen molar-refractivity contribution in [2.45, 2.75) is 26.4 Å². The Morgan fingerprint density at radius 2 is 1.95 bits per heavy atom. The van der Waals surface area contributed by atoms with Crippen LogP contribution in [-0.2, 0) is 6.42 Å². The van der Waals surface area contributed by atoms with Gasteiger partial charge >= 0.3 is 12.1 Å². The third kappa shape index (κ3) is 2.43. The number of fused-ring (bicyclic) bond motifs is 1. The normalized spacial score (nSPS) is 12.1. The molecule has 0 radical (unpaired) electrons. The van der Waals surface area contributed by atoms with Crippen LogP contribution >= 0.6 is 11.6 Å². The Kier molecular flexibility index (Phi) is 3.37. The predicted octanol–water partition coefficient (Wildman–Crippen LogP) is 2.80. The molecule has 0 atom stereocenters. The maximum Gasteiger partial charge on any atom is 0.393 e. The van der Waals surface area contributed by atoms with E-state index in [1.54, 1.807) is 0 Å². The van der Waals surface area contributed by atoms with Crippen LogP contribution in [0.25, 0.3) is 5.65 Å². The second kappa shape index (κ2) is 4.62. The number of carboxylic acid groups (broad SMARTS) is 1. The third-order valence-corrected chi connectivity index (χ3v) is 3.16. The lowest BCUT2D eigenvalue weighted by Crippen LogP contribution is -2.15. The van der Waals surface area contributed by atoms with E-state index in [9.17, 15) is 18.0 Å². The monoisotopic (exact) mass is 307 g/mol. The molecule has 0 unspecified atom stereocenters. The van der Waals surface area contributed by atoms with Gasteiger partial charge in [0.25, 0.3) is 0 Å². The number of hydrogen-bond donors (Lipinski definition) is 1. The molecule has 2 rings (SSSR count). The first-order chi connectivity index (χ1) is 9.11. The van der Waals surface area contributed by atoms with Gasteiger partial charge in [0.1, 0.15) is 10.7 Å². The van der Waals surface area contributed by atoms with E-state index < -0.39 is 18.6 Å². The van der Waals surface area contributed by atoms with Crippen LogP contribution in [0.2, 0.25) is 5.15 Å². The molecule has 5 nitrogen and oxygen atoms in total. The van der Waals surface area contributed by atoms with Crippen LogP contribution in [0.5, 0.6) is 0 Å². The van der Waals surface area contributed by atoms with Gasteiger partial charge in [-0.1, -0.05) is 11.6 Å². The minimum Gasteiger partial charge on any atom is -0.477 e. The summed E-state index contributed by atoms with van der Waals surface area (Å²) in [6, 6.07) is 0. The van der Waals surface area contributed by atoms with Crippen LogP contribution in [-0.4, -0.2) is 31.9 Å². The number of alkyl halides is 3. The van der Waals surface area contributed by atoms with Crippen LogP contribution in [0.4, 0.5) is 13.2 Å². The second-order valence-electron chi connectivity index (χ2n) is 4.26. The molecule has 0 spiro atoms. The number of aryl methyl sites for hydroxylation is 2. The fourth-order valence-electron chi connectivity index (χ4n) is 1.91. The minimum absolute atomic E-state index is 0.0298. The lowest BCUT2D eigenvalue weighted by Gasteiger charge is -2.11. The van der Waals surface area contributed by atoms with Crippen LogP contribution in [0.1, 0.15) is 27.3 Å². The second-order valence-corrected chi connectivity index (χ2v) is 4.62. The van der Waals surface area contributed by atoms with E-state index in [2.05, 4.69) is 10.1 Å². The molecule has 1 N–H and O–H groups in total. The number of aromatic nitrogens is 3. The number of aromatic carboxylic acids is 1. The van der Waals surface area contributed by atoms with E-state index in [-0.39, 0.29) is 33.3 Å². The van der Waals surface area contributed by atoms with Crippen molar-refractivity contribution < 1.29 is 23.1 Å². The summed E-state index contributed by atoms with van der Waals surface area (Å²) in [4.78, 5) is 15.0. The largest absolute Gasteiger partial charge is 0.477 e. The number of hydrogen-bond acceptors (Lipinski definition) is 3. The smallest absolute Gasteiger partial charge is 0.393 e. The average molecular weight is 308 g/mol. The summed E-state index contributed by atoms with van der Waals surface area (Å²) in [5, 5.41) is 12.6. The van der Waals surface area contributed by atoms with E-state index in [4.69, 9.17) is 16.7 Å². The highest BCUT2D eigenvalue weighted by molar-refractivity contribution is 6.30. The molecule has 0 saturated heterocycles. The van der Waals surface area contributed by atoms with Crippen molar-refractivity contribution in [3.8, 4) is 0 Å². The standard InChI is InChI=1S/C11H9ClF3N3O2/c1-4-6(3-11(13,14)15)8(12)18-9(16-4)7(10(19)20)5(2)17-18/h3H2,1-2H3,(H,19,20). The van der Waals surface area contributed by atoms with E-state index >= 15 is 0 Å². The van der Waals surface area contributed by atoms with Gasteiger partial charge in [-0.15, -0.1) is 0 Å². The number of halogens is 4. The van der Waals surface area contributed by atoms with E-state index in [1.165, 1.54) is 13.8 Å². The number of carbonyl (C=O) groups is 1. The summed E-state index contributed by atoms with van der Waals surface area (Å²) in [5.74, 6) is -1.26. The van der Waals surface area contributed by atoms with E-state index in [1.807, 2.05) is 0 Å². The van der Waals surface area contributed by atoms with Crippen molar-refractivity contribution in [2.24, 2.45) is 0 Å². The maximum absolute atomic E-state index is 12.5. The zero-order valence-corrected chi connectivity index (χ0v) is 11.2. The fraction of sp³-hybridized carbons (Fsp3) is 0.364. The molecular formula is C11H9ClF3N3O2. The number of nitrogens with zero attached hydrogens (tertiary/aromatic N) is 3. The first-order valence-corrected chi connectivity index (χ1v) is 5.84. The molecule has 2 aromatic heterocycles. The van der Waals surface area contributed by atoms with Gasteiger partial charge in [-0.2, -0.15) is 18.3 Å². The Morgan fingerprint density at radius 3 is 2.45 bits per heavy atom. The fourth-order valence-corrected chi connectivity index (χ4v) is 2.23. The van der Waals surface area contributed by atoms with Gasteiger partial charge in [-0.05, 0) is 13.8 Å². The van der Waals surface area contributed by atoms with E-state index in [0.717, 1.165) is 4.52 Å². The predicted molar refractivity (Wildman–Crippen MR) is 64.2 cm³/mol. The molecule has 108 valence electrons. The van der Waals surface area contributed by atoms with Crippen molar-refractivity contribution >= 4 is 23.2 Å². The molecule has 0 bridgehead atoms. The van der Waals surface area contributed by atoms with Crippen molar-refractivity contribution in [1.29, 1.82) is 0 Å². The first-order valence-electron chi connectivity index (χ1n) is 5.46. The van der Waals surface area contributed by atoms with E-state index in [0.29, 0.717) is 0 Å². The summed E-state index contributed by atoms with van der Waals surface area (Å²) in [7, 11) is 0. The van der Waals surface area contributed by atoms with Crippen molar-refractivity contribution in [1.82, 2.24) is 14.6 Å². The first kappa shape index (κ1) is 14.6. The molecular weight excluding hydrogens is 299 g/mol. The highest BCUT2D eigenvalue weighted by atomic mass is 35.5. The Bertz CT molecular complexity index is 709. The summed E-state index contributed by atoms with van der Waals surface area (Å²) in [6.07, 6.45) is -5.69. The summed E-state index contributed by atoms with van der Waals surface area (Å²) >= 11 is 5.91. The van der Waals surface area contributed by atoms with Gasteiger partial charge in [-0.25, -0.2) is 14.3 Å². The molecule has 2 aromatic rings. The van der Waals surface area contributed by atoms with Gasteiger partial charge in [0.15, 0.2) is 5.65 Å². The van der Waals surface area contributed by atoms with Gasteiger partial charge < -0.3 is 5.11 Å². The molecule has 0 aromatic carbocycles. The minimum atomic E-state index is -4.44. The zero-order chi connectivity index (χ0) is 15.2. The van der Waals surface area contributed by atoms with Crippen molar-refractivity contribution in [3.63, 3.8) is 0 Å². The van der Waals surface area contributed by atoms with Crippen LogP contribution in [0.15, 0.2) is 0 Å². The summed E-state index contributed by atoms with van der Waals surface area (Å²) in [6.45, 7) is 2.77. The quantitative estimate of drug-likeness (QED) is 0.866. The zero-order valence-electron chi connectivity index (χ0n) is 10.4. The average Bonchev–Trinajstić information content (AvgIpc) is 2.60. The summed E-state index contributed by atoms with van der Waals surface area (Å²) in [5.41, 5.74) is -0.291. The van der Waals surface area contributed by atoms with Gasteiger partial charge in [0.05, 0.1) is 12.1 Å². The Hall–Kier alpha value is -1.83. The van der Waals surface area contributed by atoms with Crippen LogP contribution in [0.3, 0.4) is 0 Å². The Labute approximate surface area is 116 Å². The topological polar surface area (TPSA) is 67.5 Å². The molecule has 0 amide bonds. The number of carboxylic acids is 1. The van der Waals surface area contributed by atoms with Gasteiger partial charge in [0, 0.05) is 11.3 Å². The molecule has 0 aliphatic rings. The summed E-state index contributed by atoms with van der Waals surface area (Å²) < 4.78 is 38.4. The lowest BCUT2D eigenvalue weighted by molar-refractivity contribution is -0.127. The molecule has 0 saturated carbocycles. The Morgan fingerprint density at radius 1 is 1.35 bits per heavy atom. The molecule has 0 fully saturated rings. The highest BCUT2D eigenvalue weighted by Crippen LogP contribution is 2.29.